The van der Waals surface area contributed by atoms with Crippen LogP contribution in [0.5, 0.6) is 0 Å². The van der Waals surface area contributed by atoms with Gasteiger partial charge in [0.2, 0.25) is 5.91 Å². The summed E-state index contributed by atoms with van der Waals surface area (Å²) in [7, 11) is 1.82. The van der Waals surface area contributed by atoms with Gasteiger partial charge in [0.05, 0.1) is 6.61 Å². The van der Waals surface area contributed by atoms with Crippen LogP contribution < -0.4 is 5.73 Å². The zero-order valence-electron chi connectivity index (χ0n) is 11.4. The van der Waals surface area contributed by atoms with Gasteiger partial charge in [-0.05, 0) is 18.4 Å². The van der Waals surface area contributed by atoms with Crippen LogP contribution in [0.25, 0.3) is 0 Å². The topological polar surface area (TPSA) is 55.6 Å². The summed E-state index contributed by atoms with van der Waals surface area (Å²) in [6.45, 7) is 10.1. The van der Waals surface area contributed by atoms with Crippen LogP contribution in [0.1, 0.15) is 26.7 Å². The van der Waals surface area contributed by atoms with Crippen LogP contribution in [0.15, 0.2) is 12.7 Å². The number of rotatable bonds is 9. The van der Waals surface area contributed by atoms with Crippen molar-refractivity contribution in [2.45, 2.75) is 26.7 Å². The number of ether oxygens (including phenoxy) is 1. The number of nitrogens with two attached hydrogens (primary N) is 1. The quantitative estimate of drug-likeness (QED) is 0.491. The molecule has 0 atom stereocenters. The smallest absolute Gasteiger partial charge is 0.222 e. The molecule has 0 unspecified atom stereocenters. The lowest BCUT2D eigenvalue weighted by molar-refractivity contribution is -0.131. The minimum atomic E-state index is -0.0241. The van der Waals surface area contributed by atoms with Crippen molar-refractivity contribution in [3.8, 4) is 0 Å². The van der Waals surface area contributed by atoms with Gasteiger partial charge in [-0.15, -0.1) is 6.58 Å². The van der Waals surface area contributed by atoms with Crippen LogP contribution >= 0.6 is 0 Å². The van der Waals surface area contributed by atoms with E-state index in [9.17, 15) is 4.79 Å². The van der Waals surface area contributed by atoms with E-state index in [1.165, 1.54) is 0 Å². The van der Waals surface area contributed by atoms with E-state index in [0.29, 0.717) is 32.7 Å². The Bertz CT molecular complexity index is 240. The van der Waals surface area contributed by atoms with Crippen molar-refractivity contribution in [1.82, 2.24) is 4.90 Å². The van der Waals surface area contributed by atoms with Crippen LogP contribution in [0, 0.1) is 5.41 Å². The molecule has 4 nitrogen and oxygen atoms in total. The van der Waals surface area contributed by atoms with E-state index in [2.05, 4.69) is 20.4 Å². The zero-order chi connectivity index (χ0) is 13.3. The van der Waals surface area contributed by atoms with Crippen LogP contribution in [-0.4, -0.2) is 44.2 Å². The molecule has 0 aliphatic carbocycles. The Labute approximate surface area is 105 Å². The lowest BCUT2D eigenvalue weighted by atomic mass is 9.93. The SMILES string of the molecule is C=CCOCCCC(=O)N(C)CC(C)(C)CN. The molecule has 0 rings (SSSR count). The van der Waals surface area contributed by atoms with E-state index in [-0.39, 0.29) is 11.3 Å². The van der Waals surface area contributed by atoms with Gasteiger partial charge in [-0.3, -0.25) is 4.79 Å². The Morgan fingerprint density at radius 2 is 2.18 bits per heavy atom. The molecule has 0 aromatic heterocycles. The zero-order valence-corrected chi connectivity index (χ0v) is 11.4. The standard InChI is InChI=1S/C13H26N2O2/c1-5-8-17-9-6-7-12(16)15(4)11-13(2,3)10-14/h5H,1,6-11,14H2,2-4H3. The molecule has 0 bridgehead atoms. The summed E-state index contributed by atoms with van der Waals surface area (Å²) in [4.78, 5) is 13.5. The Balaban J connectivity index is 3.78. The van der Waals surface area contributed by atoms with Crippen LogP contribution in [-0.2, 0) is 9.53 Å². The minimum Gasteiger partial charge on any atom is -0.377 e. The summed E-state index contributed by atoms with van der Waals surface area (Å²) in [6.07, 6.45) is 2.98. The van der Waals surface area contributed by atoms with Crippen LogP contribution in [0.3, 0.4) is 0 Å². The third-order valence-electron chi connectivity index (χ3n) is 2.56. The molecule has 0 heterocycles. The van der Waals surface area contributed by atoms with E-state index in [1.807, 2.05) is 7.05 Å². The molecule has 0 fully saturated rings. The minimum absolute atomic E-state index is 0.0241. The lowest BCUT2D eigenvalue weighted by Gasteiger charge is -2.29. The summed E-state index contributed by atoms with van der Waals surface area (Å²) in [5.74, 6) is 0.147. The fraction of sp³-hybridized carbons (Fsp3) is 0.769. The molecule has 0 aliphatic rings. The Morgan fingerprint density at radius 3 is 2.71 bits per heavy atom. The molecule has 2 N–H and O–H groups in total. The summed E-state index contributed by atoms with van der Waals surface area (Å²) in [6, 6.07) is 0. The predicted molar refractivity (Wildman–Crippen MR) is 70.7 cm³/mol. The fourth-order valence-electron chi connectivity index (χ4n) is 1.48. The normalized spacial score (nSPS) is 11.3. The van der Waals surface area contributed by atoms with Gasteiger partial charge in [-0.1, -0.05) is 19.9 Å². The van der Waals surface area contributed by atoms with E-state index in [4.69, 9.17) is 10.5 Å². The van der Waals surface area contributed by atoms with Gasteiger partial charge >= 0.3 is 0 Å². The van der Waals surface area contributed by atoms with Crippen molar-refractivity contribution in [1.29, 1.82) is 0 Å². The van der Waals surface area contributed by atoms with Crippen molar-refractivity contribution < 1.29 is 9.53 Å². The first-order valence-electron chi connectivity index (χ1n) is 6.05. The van der Waals surface area contributed by atoms with Gasteiger partial charge < -0.3 is 15.4 Å². The van der Waals surface area contributed by atoms with Gasteiger partial charge in [0.15, 0.2) is 0 Å². The Morgan fingerprint density at radius 1 is 1.53 bits per heavy atom. The Kier molecular flexibility index (Phi) is 7.83. The molecule has 0 radical (unpaired) electrons. The third kappa shape index (κ3) is 7.94. The monoisotopic (exact) mass is 242 g/mol. The first-order chi connectivity index (χ1) is 7.93. The molecular formula is C13H26N2O2. The molecule has 1 amide bonds. The fourth-order valence-corrected chi connectivity index (χ4v) is 1.48. The van der Waals surface area contributed by atoms with Crippen molar-refractivity contribution in [2.24, 2.45) is 11.1 Å². The maximum absolute atomic E-state index is 11.8. The van der Waals surface area contributed by atoms with E-state index >= 15 is 0 Å². The lowest BCUT2D eigenvalue weighted by Crippen LogP contribution is -2.39. The summed E-state index contributed by atoms with van der Waals surface area (Å²) in [5.41, 5.74) is 5.62. The van der Waals surface area contributed by atoms with Crippen molar-refractivity contribution in [3.63, 3.8) is 0 Å². The number of hydrogen-bond acceptors (Lipinski definition) is 3. The first kappa shape index (κ1) is 16.1. The van der Waals surface area contributed by atoms with E-state index in [0.717, 1.165) is 6.42 Å². The Hall–Kier alpha value is -0.870. The molecule has 17 heavy (non-hydrogen) atoms. The number of hydrogen-bond donors (Lipinski definition) is 1. The second-order valence-electron chi connectivity index (χ2n) is 5.09. The van der Waals surface area contributed by atoms with Gasteiger partial charge in [0.1, 0.15) is 0 Å². The average Bonchev–Trinajstić information content (AvgIpc) is 2.28. The molecule has 0 spiro atoms. The van der Waals surface area contributed by atoms with Gasteiger partial charge in [0.25, 0.3) is 0 Å². The molecule has 0 saturated heterocycles. The molecule has 4 heteroatoms. The second-order valence-corrected chi connectivity index (χ2v) is 5.09. The van der Waals surface area contributed by atoms with Crippen LogP contribution in [0.2, 0.25) is 0 Å². The number of nitrogens with zero attached hydrogens (tertiary/aromatic N) is 1. The van der Waals surface area contributed by atoms with E-state index < -0.39 is 0 Å². The average molecular weight is 242 g/mol. The number of carbonyl (C=O) groups excluding carboxylic acids is 1. The van der Waals surface area contributed by atoms with Gasteiger partial charge in [0, 0.05) is 26.6 Å². The number of carbonyl (C=O) groups is 1. The summed E-state index contributed by atoms with van der Waals surface area (Å²) >= 11 is 0. The van der Waals surface area contributed by atoms with Gasteiger partial charge in [-0.2, -0.15) is 0 Å². The molecule has 0 saturated carbocycles. The highest BCUT2D eigenvalue weighted by molar-refractivity contribution is 5.75. The maximum Gasteiger partial charge on any atom is 0.222 e. The molecule has 0 aliphatic heterocycles. The third-order valence-corrected chi connectivity index (χ3v) is 2.56. The molecule has 0 aromatic rings. The van der Waals surface area contributed by atoms with E-state index in [1.54, 1.807) is 11.0 Å². The first-order valence-corrected chi connectivity index (χ1v) is 6.05. The molecule has 100 valence electrons. The van der Waals surface area contributed by atoms with Gasteiger partial charge in [-0.25, -0.2) is 0 Å². The molecule has 0 aromatic carbocycles. The summed E-state index contributed by atoms with van der Waals surface area (Å²) in [5, 5.41) is 0. The highest BCUT2D eigenvalue weighted by Gasteiger charge is 2.20. The number of amides is 1. The van der Waals surface area contributed by atoms with Crippen molar-refractivity contribution in [3.05, 3.63) is 12.7 Å². The maximum atomic E-state index is 11.8. The predicted octanol–water partition coefficient (Wildman–Crippen LogP) is 1.41. The van der Waals surface area contributed by atoms with Crippen molar-refractivity contribution >= 4 is 5.91 Å². The highest BCUT2D eigenvalue weighted by Crippen LogP contribution is 2.14. The van der Waals surface area contributed by atoms with Crippen LogP contribution in [0.4, 0.5) is 0 Å². The van der Waals surface area contributed by atoms with Crippen molar-refractivity contribution in [2.75, 3.05) is 33.4 Å². The summed E-state index contributed by atoms with van der Waals surface area (Å²) < 4.78 is 5.23. The molecular weight excluding hydrogens is 216 g/mol. The highest BCUT2D eigenvalue weighted by atomic mass is 16.5. The largest absolute Gasteiger partial charge is 0.377 e. The second kappa shape index (κ2) is 8.25.